The molecule has 2 saturated heterocycles. The fourth-order valence-electron chi connectivity index (χ4n) is 2.55. The summed E-state index contributed by atoms with van der Waals surface area (Å²) in [4.78, 5) is 6.86. The molecule has 2 fully saturated rings. The summed E-state index contributed by atoms with van der Waals surface area (Å²) < 4.78 is 5.35. The molecule has 0 unspecified atom stereocenters. The van der Waals surface area contributed by atoms with Crippen molar-refractivity contribution >= 4 is 5.82 Å². The lowest BCUT2D eigenvalue weighted by molar-refractivity contribution is 0.122. The van der Waals surface area contributed by atoms with Crippen molar-refractivity contribution in [2.45, 2.75) is 18.9 Å². The molecular formula is C13H19N3O. The molecule has 0 amide bonds. The van der Waals surface area contributed by atoms with E-state index in [-0.39, 0.29) is 0 Å². The molecule has 3 heterocycles. The molecule has 1 atom stereocenters. The molecule has 0 aliphatic carbocycles. The van der Waals surface area contributed by atoms with Crippen molar-refractivity contribution in [1.82, 2.24) is 10.3 Å². The highest BCUT2D eigenvalue weighted by molar-refractivity contribution is 5.40. The van der Waals surface area contributed by atoms with Crippen LogP contribution in [0.3, 0.4) is 0 Å². The van der Waals surface area contributed by atoms with Crippen LogP contribution < -0.4 is 10.2 Å². The van der Waals surface area contributed by atoms with Gasteiger partial charge in [-0.05, 0) is 31.0 Å². The summed E-state index contributed by atoms with van der Waals surface area (Å²) in [5.41, 5.74) is 1.32. The van der Waals surface area contributed by atoms with Crippen LogP contribution in [-0.4, -0.2) is 37.8 Å². The molecule has 3 rings (SSSR count). The van der Waals surface area contributed by atoms with E-state index in [9.17, 15) is 0 Å². The van der Waals surface area contributed by atoms with Gasteiger partial charge in [0.1, 0.15) is 5.82 Å². The number of ether oxygens (including phenoxy) is 1. The summed E-state index contributed by atoms with van der Waals surface area (Å²) in [5.74, 6) is 1.08. The Bertz CT molecular complexity index is 353. The fraction of sp³-hybridized carbons (Fsp3) is 0.615. The van der Waals surface area contributed by atoms with E-state index < -0.39 is 0 Å². The van der Waals surface area contributed by atoms with Gasteiger partial charge in [-0.1, -0.05) is 6.07 Å². The first-order valence-electron chi connectivity index (χ1n) is 6.45. The number of hydrogen-bond donors (Lipinski definition) is 1. The minimum atomic E-state index is 0.515. The number of rotatable bonds is 2. The van der Waals surface area contributed by atoms with Crippen molar-refractivity contribution in [3.8, 4) is 0 Å². The van der Waals surface area contributed by atoms with E-state index in [4.69, 9.17) is 4.74 Å². The molecule has 0 radical (unpaired) electrons. The van der Waals surface area contributed by atoms with Crippen molar-refractivity contribution in [2.75, 3.05) is 37.7 Å². The minimum absolute atomic E-state index is 0.515. The second-order valence-electron chi connectivity index (χ2n) is 4.70. The SMILES string of the molecule is c1cc(N2CCOCC2)ncc1[C@H]1CCCN1. The smallest absolute Gasteiger partial charge is 0.128 e. The summed E-state index contributed by atoms with van der Waals surface area (Å²) >= 11 is 0. The Kier molecular flexibility index (Phi) is 3.25. The second-order valence-corrected chi connectivity index (χ2v) is 4.70. The summed E-state index contributed by atoms with van der Waals surface area (Å²) in [6.07, 6.45) is 4.53. The van der Waals surface area contributed by atoms with E-state index >= 15 is 0 Å². The molecule has 2 aliphatic heterocycles. The highest BCUT2D eigenvalue weighted by atomic mass is 16.5. The molecule has 0 spiro atoms. The third-order valence-corrected chi connectivity index (χ3v) is 3.57. The van der Waals surface area contributed by atoms with E-state index in [2.05, 4.69) is 27.3 Å². The van der Waals surface area contributed by atoms with Crippen LogP contribution in [0.5, 0.6) is 0 Å². The van der Waals surface area contributed by atoms with Crippen molar-refractivity contribution in [3.05, 3.63) is 23.9 Å². The Morgan fingerprint density at radius 3 is 2.82 bits per heavy atom. The fourth-order valence-corrected chi connectivity index (χ4v) is 2.55. The van der Waals surface area contributed by atoms with Gasteiger partial charge >= 0.3 is 0 Å². The first kappa shape index (κ1) is 11.0. The van der Waals surface area contributed by atoms with Crippen molar-refractivity contribution in [3.63, 3.8) is 0 Å². The third-order valence-electron chi connectivity index (χ3n) is 3.57. The van der Waals surface area contributed by atoms with Gasteiger partial charge in [-0.25, -0.2) is 4.98 Å². The summed E-state index contributed by atoms with van der Waals surface area (Å²) in [7, 11) is 0. The number of aromatic nitrogens is 1. The van der Waals surface area contributed by atoms with Gasteiger partial charge in [-0.15, -0.1) is 0 Å². The average molecular weight is 233 g/mol. The number of morpholine rings is 1. The lowest BCUT2D eigenvalue weighted by Gasteiger charge is -2.28. The Morgan fingerprint density at radius 1 is 1.29 bits per heavy atom. The van der Waals surface area contributed by atoms with Crippen LogP contribution in [0, 0.1) is 0 Å². The van der Waals surface area contributed by atoms with Gasteiger partial charge < -0.3 is 15.0 Å². The molecule has 2 aliphatic rings. The van der Waals surface area contributed by atoms with Gasteiger partial charge in [-0.3, -0.25) is 0 Å². The van der Waals surface area contributed by atoms with Crippen molar-refractivity contribution in [2.24, 2.45) is 0 Å². The Morgan fingerprint density at radius 2 is 2.18 bits per heavy atom. The molecule has 0 saturated carbocycles. The molecule has 4 nitrogen and oxygen atoms in total. The highest BCUT2D eigenvalue weighted by Gasteiger charge is 2.17. The largest absolute Gasteiger partial charge is 0.378 e. The zero-order valence-electron chi connectivity index (χ0n) is 10.1. The van der Waals surface area contributed by atoms with Crippen LogP contribution in [-0.2, 0) is 4.74 Å². The predicted octanol–water partition coefficient (Wildman–Crippen LogP) is 1.34. The van der Waals surface area contributed by atoms with Crippen LogP contribution >= 0.6 is 0 Å². The standard InChI is InChI=1S/C13H19N3O/c1-2-12(14-5-1)11-3-4-13(15-10-11)16-6-8-17-9-7-16/h3-4,10,12,14H,1-2,5-9H2/t12-/m1/s1. The summed E-state index contributed by atoms with van der Waals surface area (Å²) in [5, 5.41) is 3.50. The quantitative estimate of drug-likeness (QED) is 0.836. The molecular weight excluding hydrogens is 214 g/mol. The van der Waals surface area contributed by atoms with Gasteiger partial charge in [0.25, 0.3) is 0 Å². The highest BCUT2D eigenvalue weighted by Crippen LogP contribution is 2.23. The zero-order valence-corrected chi connectivity index (χ0v) is 10.1. The lowest BCUT2D eigenvalue weighted by atomic mass is 10.1. The van der Waals surface area contributed by atoms with Gasteiger partial charge in [0.05, 0.1) is 13.2 Å². The monoisotopic (exact) mass is 233 g/mol. The molecule has 17 heavy (non-hydrogen) atoms. The van der Waals surface area contributed by atoms with Crippen LogP contribution in [0.2, 0.25) is 0 Å². The Hall–Kier alpha value is -1.13. The molecule has 1 aromatic heterocycles. The molecule has 0 aromatic carbocycles. The van der Waals surface area contributed by atoms with Crippen LogP contribution in [0.25, 0.3) is 0 Å². The minimum Gasteiger partial charge on any atom is -0.378 e. The van der Waals surface area contributed by atoms with E-state index in [1.54, 1.807) is 0 Å². The maximum atomic E-state index is 5.35. The van der Waals surface area contributed by atoms with Crippen LogP contribution in [0.15, 0.2) is 18.3 Å². The van der Waals surface area contributed by atoms with Gasteiger partial charge in [0.15, 0.2) is 0 Å². The number of pyridine rings is 1. The van der Waals surface area contributed by atoms with Crippen LogP contribution in [0.1, 0.15) is 24.4 Å². The van der Waals surface area contributed by atoms with Gasteiger partial charge in [-0.2, -0.15) is 0 Å². The Labute approximate surface area is 102 Å². The molecule has 92 valence electrons. The maximum Gasteiger partial charge on any atom is 0.128 e. The van der Waals surface area contributed by atoms with Crippen molar-refractivity contribution in [1.29, 1.82) is 0 Å². The Balaban J connectivity index is 1.70. The number of anilines is 1. The predicted molar refractivity (Wildman–Crippen MR) is 67.2 cm³/mol. The van der Waals surface area contributed by atoms with Gasteiger partial charge in [0.2, 0.25) is 0 Å². The van der Waals surface area contributed by atoms with E-state index in [1.807, 2.05) is 6.20 Å². The third kappa shape index (κ3) is 2.42. The average Bonchev–Trinajstić information content (AvgIpc) is 2.94. The number of hydrogen-bond acceptors (Lipinski definition) is 4. The van der Waals surface area contributed by atoms with E-state index in [1.165, 1.54) is 18.4 Å². The van der Waals surface area contributed by atoms with E-state index in [0.717, 1.165) is 38.7 Å². The first-order chi connectivity index (χ1) is 8.43. The molecule has 1 aromatic rings. The molecule has 0 bridgehead atoms. The molecule has 1 N–H and O–H groups in total. The normalized spacial score (nSPS) is 25.2. The van der Waals surface area contributed by atoms with Crippen molar-refractivity contribution < 1.29 is 4.74 Å². The lowest BCUT2D eigenvalue weighted by Crippen LogP contribution is -2.36. The molecule has 4 heteroatoms. The summed E-state index contributed by atoms with van der Waals surface area (Å²) in [6, 6.07) is 4.86. The van der Waals surface area contributed by atoms with Gasteiger partial charge in [0, 0.05) is 25.3 Å². The number of nitrogens with zero attached hydrogens (tertiary/aromatic N) is 2. The topological polar surface area (TPSA) is 37.4 Å². The zero-order chi connectivity index (χ0) is 11.5. The second kappa shape index (κ2) is 5.02. The first-order valence-corrected chi connectivity index (χ1v) is 6.45. The van der Waals surface area contributed by atoms with Crippen LogP contribution in [0.4, 0.5) is 5.82 Å². The van der Waals surface area contributed by atoms with E-state index in [0.29, 0.717) is 6.04 Å². The summed E-state index contributed by atoms with van der Waals surface area (Å²) in [6.45, 7) is 4.67. The number of nitrogens with one attached hydrogen (secondary N) is 1. The maximum absolute atomic E-state index is 5.35.